The third-order valence-electron chi connectivity index (χ3n) is 3.04. The first kappa shape index (κ1) is 14.7. The summed E-state index contributed by atoms with van der Waals surface area (Å²) in [7, 11) is 4.70. The minimum atomic E-state index is 0.154. The molecule has 0 aliphatic heterocycles. The highest BCUT2D eigenvalue weighted by molar-refractivity contribution is 5.55. The highest BCUT2D eigenvalue weighted by atomic mass is 16.5. The molecule has 1 aromatic heterocycles. The average molecular weight is 293 g/mol. The van der Waals surface area contributed by atoms with Crippen LogP contribution in [0.25, 0.3) is 0 Å². The van der Waals surface area contributed by atoms with E-state index >= 15 is 0 Å². The maximum Gasteiger partial charge on any atom is 0.221 e. The lowest BCUT2D eigenvalue weighted by Crippen LogP contribution is -2.04. The maximum atomic E-state index is 5.85. The Kier molecular flexibility index (Phi) is 4.32. The number of rotatable bonds is 5. The fourth-order valence-electron chi connectivity index (χ4n) is 2.03. The molecule has 0 fully saturated rings. The first-order valence-corrected chi connectivity index (χ1v) is 6.24. The molecular formula is C14H18N4O3. The lowest BCUT2D eigenvalue weighted by atomic mass is 10.1. The second kappa shape index (κ2) is 6.17. The number of aromatic nitrogens is 2. The van der Waals surface area contributed by atoms with Crippen molar-refractivity contribution in [2.75, 3.05) is 32.8 Å². The summed E-state index contributed by atoms with van der Waals surface area (Å²) in [5.41, 5.74) is 13.1. The Balaban J connectivity index is 2.40. The number of nitrogen functional groups attached to an aromatic ring is 2. The van der Waals surface area contributed by atoms with Crippen molar-refractivity contribution in [2.24, 2.45) is 0 Å². The summed E-state index contributed by atoms with van der Waals surface area (Å²) < 4.78 is 15.9. The zero-order valence-electron chi connectivity index (χ0n) is 12.2. The van der Waals surface area contributed by atoms with Crippen LogP contribution >= 0.6 is 0 Å². The van der Waals surface area contributed by atoms with Gasteiger partial charge in [0, 0.05) is 18.2 Å². The number of nitrogens with two attached hydrogens (primary N) is 2. The van der Waals surface area contributed by atoms with Crippen molar-refractivity contribution in [2.45, 2.75) is 6.42 Å². The first-order chi connectivity index (χ1) is 10.1. The van der Waals surface area contributed by atoms with Crippen LogP contribution in [0.5, 0.6) is 17.2 Å². The van der Waals surface area contributed by atoms with E-state index in [1.807, 2.05) is 12.1 Å². The fourth-order valence-corrected chi connectivity index (χ4v) is 2.03. The number of hydrogen-bond donors (Lipinski definition) is 2. The second-order valence-corrected chi connectivity index (χ2v) is 4.35. The second-order valence-electron chi connectivity index (χ2n) is 4.35. The normalized spacial score (nSPS) is 10.2. The Labute approximate surface area is 122 Å². The van der Waals surface area contributed by atoms with E-state index in [2.05, 4.69) is 9.97 Å². The van der Waals surface area contributed by atoms with Crippen LogP contribution in [0.4, 0.5) is 11.8 Å². The van der Waals surface area contributed by atoms with Crippen LogP contribution in [0, 0.1) is 0 Å². The van der Waals surface area contributed by atoms with Crippen molar-refractivity contribution in [3.8, 4) is 17.2 Å². The molecule has 0 saturated carbocycles. The van der Waals surface area contributed by atoms with Crippen LogP contribution < -0.4 is 25.7 Å². The van der Waals surface area contributed by atoms with E-state index in [9.17, 15) is 0 Å². The topological polar surface area (TPSA) is 106 Å². The summed E-state index contributed by atoms with van der Waals surface area (Å²) in [6.07, 6.45) is 2.14. The van der Waals surface area contributed by atoms with E-state index in [0.29, 0.717) is 29.5 Å². The van der Waals surface area contributed by atoms with Gasteiger partial charge in [-0.15, -0.1) is 0 Å². The lowest BCUT2D eigenvalue weighted by molar-refractivity contribution is 0.324. The Morgan fingerprint density at radius 3 is 2.10 bits per heavy atom. The van der Waals surface area contributed by atoms with Crippen LogP contribution in [-0.2, 0) is 6.42 Å². The van der Waals surface area contributed by atoms with Crippen molar-refractivity contribution in [1.82, 2.24) is 9.97 Å². The van der Waals surface area contributed by atoms with E-state index in [1.165, 1.54) is 0 Å². The Morgan fingerprint density at radius 2 is 1.62 bits per heavy atom. The van der Waals surface area contributed by atoms with Gasteiger partial charge in [-0.2, -0.15) is 4.98 Å². The highest BCUT2D eigenvalue weighted by Crippen LogP contribution is 2.38. The average Bonchev–Trinajstić information content (AvgIpc) is 2.49. The van der Waals surface area contributed by atoms with Crippen LogP contribution in [-0.4, -0.2) is 31.3 Å². The van der Waals surface area contributed by atoms with Gasteiger partial charge in [-0.3, -0.25) is 0 Å². The summed E-state index contributed by atoms with van der Waals surface area (Å²) in [6.45, 7) is 0. The molecule has 0 spiro atoms. The Hall–Kier alpha value is -2.70. The molecule has 0 aliphatic carbocycles. The number of ether oxygens (including phenoxy) is 3. The summed E-state index contributed by atoms with van der Waals surface area (Å²) in [6, 6.07) is 3.72. The van der Waals surface area contributed by atoms with Gasteiger partial charge in [0.1, 0.15) is 5.82 Å². The van der Waals surface area contributed by atoms with Crippen molar-refractivity contribution in [3.63, 3.8) is 0 Å². The van der Waals surface area contributed by atoms with Crippen LogP contribution in [0.2, 0.25) is 0 Å². The summed E-state index contributed by atoms with van der Waals surface area (Å²) >= 11 is 0. The molecule has 0 aliphatic rings. The Bertz CT molecular complexity index is 621. The number of hydrogen-bond acceptors (Lipinski definition) is 7. The third kappa shape index (κ3) is 3.07. The third-order valence-corrected chi connectivity index (χ3v) is 3.04. The quantitative estimate of drug-likeness (QED) is 0.799. The zero-order valence-corrected chi connectivity index (χ0v) is 12.2. The number of methoxy groups -OCH3 is 3. The SMILES string of the molecule is COc1cc(Cc2c[15n]c([15NH2])[15n]c2N)cc(OC)c1OC. The molecule has 0 saturated heterocycles. The number of benzene rings is 1. The summed E-state index contributed by atoms with van der Waals surface area (Å²) in [4.78, 5) is 7.90. The molecule has 7 heteroatoms. The van der Waals surface area contributed by atoms with E-state index in [0.717, 1.165) is 11.1 Å². The van der Waals surface area contributed by atoms with E-state index in [4.69, 9.17) is 25.7 Å². The Morgan fingerprint density at radius 1 is 1.00 bits per heavy atom. The van der Waals surface area contributed by atoms with Gasteiger partial charge in [0.15, 0.2) is 11.5 Å². The van der Waals surface area contributed by atoms with Crippen LogP contribution in [0.15, 0.2) is 18.3 Å². The number of nitrogens with zero attached hydrogens (tertiary/aromatic N) is 2. The standard InChI is InChI=1S/C14H18N4O3/c1-19-10-5-8(6-11(20-2)12(10)21-3)4-9-7-17-14(16)18-13(9)15/h5-7H,4H2,1-3H3,(H4,15,16,17,18)/i16+1,17+1,18+1. The largest absolute Gasteiger partial charge is 0.493 e. The zero-order chi connectivity index (χ0) is 15.4. The van der Waals surface area contributed by atoms with E-state index < -0.39 is 0 Å². The first-order valence-electron chi connectivity index (χ1n) is 6.24. The minimum absolute atomic E-state index is 0.154. The van der Waals surface area contributed by atoms with Crippen LogP contribution in [0.3, 0.4) is 0 Å². The van der Waals surface area contributed by atoms with Gasteiger partial charge in [-0.1, -0.05) is 0 Å². The van der Waals surface area contributed by atoms with Crippen molar-refractivity contribution >= 4 is 11.8 Å². The van der Waals surface area contributed by atoms with Gasteiger partial charge < -0.3 is 25.7 Å². The molecule has 1 aromatic carbocycles. The van der Waals surface area contributed by atoms with Gasteiger partial charge in [0.2, 0.25) is 11.7 Å². The molecule has 0 bridgehead atoms. The molecule has 0 atom stereocenters. The van der Waals surface area contributed by atoms with Crippen molar-refractivity contribution < 1.29 is 14.2 Å². The maximum absolute atomic E-state index is 5.85. The minimum Gasteiger partial charge on any atom is -0.493 e. The molecule has 21 heavy (non-hydrogen) atoms. The van der Waals surface area contributed by atoms with E-state index in [-0.39, 0.29) is 5.95 Å². The molecule has 2 rings (SSSR count). The van der Waals surface area contributed by atoms with Crippen LogP contribution in [0.1, 0.15) is 11.1 Å². The van der Waals surface area contributed by atoms with Gasteiger partial charge in [-0.05, 0) is 17.7 Å². The molecule has 0 unspecified atom stereocenters. The van der Waals surface area contributed by atoms with E-state index in [1.54, 1.807) is 27.5 Å². The van der Waals surface area contributed by atoms with Gasteiger partial charge in [0.25, 0.3) is 0 Å². The lowest BCUT2D eigenvalue weighted by Gasteiger charge is -2.14. The fraction of sp³-hybridized carbons (Fsp3) is 0.286. The monoisotopic (exact) mass is 293 g/mol. The molecule has 112 valence electrons. The summed E-state index contributed by atoms with van der Waals surface area (Å²) in [5.74, 6) is 2.23. The predicted molar refractivity (Wildman–Crippen MR) is 79.8 cm³/mol. The van der Waals surface area contributed by atoms with Gasteiger partial charge >= 0.3 is 0 Å². The molecule has 7 nitrogen and oxygen atoms in total. The highest BCUT2D eigenvalue weighted by Gasteiger charge is 2.14. The molecule has 1 heterocycles. The molecule has 0 amide bonds. The predicted octanol–water partition coefficient (Wildman–Crippen LogP) is 1.26. The van der Waals surface area contributed by atoms with Gasteiger partial charge in [0.05, 0.1) is 21.3 Å². The molecule has 4 N–H and O–H groups in total. The molecular weight excluding hydrogens is 275 g/mol. The molecule has 2 aromatic rings. The number of anilines is 2. The summed E-state index contributed by atoms with van der Waals surface area (Å²) in [5, 5.41) is 0. The van der Waals surface area contributed by atoms with Crippen molar-refractivity contribution in [3.05, 3.63) is 29.5 Å². The van der Waals surface area contributed by atoms with Gasteiger partial charge in [-0.25, -0.2) is 4.98 Å². The molecule has 0 radical (unpaired) electrons. The van der Waals surface area contributed by atoms with Crippen molar-refractivity contribution in [1.29, 1.82) is 0 Å². The smallest absolute Gasteiger partial charge is 0.221 e.